The first-order valence-corrected chi connectivity index (χ1v) is 9.08. The molecule has 0 amide bonds. The van der Waals surface area contributed by atoms with E-state index in [4.69, 9.17) is 0 Å². The summed E-state index contributed by atoms with van der Waals surface area (Å²) in [5.74, 6) is 1.69. The van der Waals surface area contributed by atoms with Crippen LogP contribution in [0.3, 0.4) is 0 Å². The molecule has 0 aliphatic heterocycles. The van der Waals surface area contributed by atoms with Crippen LogP contribution in [0.4, 0.5) is 5.82 Å². The molecule has 0 spiro atoms. The van der Waals surface area contributed by atoms with Gasteiger partial charge in [0, 0.05) is 11.8 Å². The van der Waals surface area contributed by atoms with Gasteiger partial charge in [-0.25, -0.2) is 4.98 Å². The van der Waals surface area contributed by atoms with Crippen LogP contribution in [0.15, 0.2) is 12.4 Å². The van der Waals surface area contributed by atoms with Crippen LogP contribution >= 0.6 is 0 Å². The maximum absolute atomic E-state index is 4.53. The Bertz CT molecular complexity index is 750. The third-order valence-electron chi connectivity index (χ3n) is 6.38. The lowest BCUT2D eigenvalue weighted by Gasteiger charge is -2.61. The monoisotopic (exact) mass is 325 g/mol. The minimum Gasteiger partial charge on any atom is -0.380 e. The van der Waals surface area contributed by atoms with Crippen LogP contribution in [0.25, 0.3) is 5.78 Å². The summed E-state index contributed by atoms with van der Waals surface area (Å²) in [5, 5.41) is 4.33. The zero-order valence-electron chi connectivity index (χ0n) is 17.9. The van der Waals surface area contributed by atoms with Crippen LogP contribution in [0.2, 0.25) is 10.2 Å². The number of fused-ring (bicyclic) bond motifs is 1. The van der Waals surface area contributed by atoms with Gasteiger partial charge in [0.05, 0.1) is 47.1 Å². The third kappa shape index (κ3) is 3.35. The second-order valence-corrected chi connectivity index (χ2v) is 10.2. The van der Waals surface area contributed by atoms with Gasteiger partial charge in [0.2, 0.25) is 0 Å². The molecule has 0 radical (unpaired) electrons. The Morgan fingerprint density at radius 3 is 1.80 bits per heavy atom. The highest BCUT2D eigenvalue weighted by molar-refractivity contribution is 6.70. The normalized spacial score (nSPS) is 13.8. The summed E-state index contributed by atoms with van der Waals surface area (Å²) in [6.07, 6.45) is 1.58. The van der Waals surface area contributed by atoms with Crippen molar-refractivity contribution in [2.75, 3.05) is 4.90 Å². The van der Waals surface area contributed by atoms with Gasteiger partial charge in [-0.3, -0.25) is 0 Å². The highest BCUT2D eigenvalue weighted by Gasteiger charge is 2.48. The lowest BCUT2D eigenvalue weighted by atomic mass is 9.22. The molecule has 120 valence electrons. The molecule has 5 nitrogen and oxygen atoms in total. The van der Waals surface area contributed by atoms with E-state index in [1.165, 1.54) is 0 Å². The molecule has 0 aliphatic carbocycles. The van der Waals surface area contributed by atoms with Gasteiger partial charge in [-0.05, 0) is 17.6 Å². The van der Waals surface area contributed by atoms with Crippen LogP contribution in [-0.2, 0) is 0 Å². The number of rotatable bonds is 5. The number of hydrogen-bond donors (Lipinski definition) is 0. The molecule has 2 aromatic heterocycles. The highest BCUT2D eigenvalue weighted by atomic mass is 15.4. The molecule has 2 heterocycles. The molecule has 0 bridgehead atoms. The first-order chi connectivity index (χ1) is 11.1. The van der Waals surface area contributed by atoms with Crippen molar-refractivity contribution < 1.29 is 0 Å². The van der Waals surface area contributed by atoms with Gasteiger partial charge in [-0.15, -0.1) is 10.2 Å². The van der Waals surface area contributed by atoms with Crippen molar-refractivity contribution in [1.82, 2.24) is 19.6 Å². The predicted molar refractivity (Wildman–Crippen MR) is 134 cm³/mol. The minimum atomic E-state index is -0.129. The van der Waals surface area contributed by atoms with Crippen LogP contribution in [0, 0.1) is 6.92 Å². The fourth-order valence-electron chi connectivity index (χ4n) is 3.01. The Hall–Kier alpha value is -1.00. The van der Waals surface area contributed by atoms with Crippen LogP contribution in [-0.4, -0.2) is 109 Å². The highest BCUT2D eigenvalue weighted by Crippen LogP contribution is 2.42. The van der Waals surface area contributed by atoms with Crippen molar-refractivity contribution in [2.24, 2.45) is 0 Å². The van der Waals surface area contributed by atoms with E-state index in [-0.39, 0.29) is 20.9 Å². The van der Waals surface area contributed by atoms with Gasteiger partial charge in [-0.1, -0.05) is 0 Å². The van der Waals surface area contributed by atoms with Gasteiger partial charge in [0.25, 0.3) is 5.78 Å². The standard InChI is InChI=1S/C10H25B10N5/c1-4-2-5(24-6(23-4)21-3-22-24)25(9(17,18)7(11,12)13)10(19,20)8(14,15)16/h2-3H,11-20H2,1H3. The molecule has 25 heavy (non-hydrogen) atoms. The Balaban J connectivity index is 2.87. The fraction of sp³-hybridized carbons (Fsp3) is 0.500. The van der Waals surface area contributed by atoms with Crippen LogP contribution < -0.4 is 4.90 Å². The zero-order chi connectivity index (χ0) is 19.4. The maximum Gasteiger partial charge on any atom is 0.254 e. The third-order valence-corrected chi connectivity index (χ3v) is 6.38. The number of hydrogen-bond acceptors (Lipinski definition) is 4. The molecular formula is C10H25B10N5. The maximum atomic E-state index is 4.53. The molecule has 0 fully saturated rings. The van der Waals surface area contributed by atoms with E-state index in [9.17, 15) is 0 Å². The molecule has 2 aromatic rings. The van der Waals surface area contributed by atoms with Crippen LogP contribution in [0.5, 0.6) is 0 Å². The van der Waals surface area contributed by atoms with E-state index < -0.39 is 0 Å². The molecule has 2 rings (SSSR count). The summed E-state index contributed by atoms with van der Waals surface area (Å²) < 4.78 is 1.87. The Labute approximate surface area is 160 Å². The van der Waals surface area contributed by atoms with Crippen molar-refractivity contribution in [3.8, 4) is 0 Å². The van der Waals surface area contributed by atoms with E-state index in [1.54, 1.807) is 6.33 Å². The first kappa shape index (κ1) is 20.3. The Morgan fingerprint density at radius 2 is 1.36 bits per heavy atom. The van der Waals surface area contributed by atoms with Gasteiger partial charge in [0.1, 0.15) is 43.5 Å². The van der Waals surface area contributed by atoms with Crippen molar-refractivity contribution in [1.29, 1.82) is 0 Å². The molecule has 0 saturated carbocycles. The first-order valence-electron chi connectivity index (χ1n) is 9.08. The van der Waals surface area contributed by atoms with E-state index in [2.05, 4.69) is 104 Å². The second-order valence-electron chi connectivity index (χ2n) is 10.2. The van der Waals surface area contributed by atoms with E-state index >= 15 is 0 Å². The molecular weight excluding hydrogens is 298 g/mol. The topological polar surface area (TPSA) is 46.3 Å². The average Bonchev–Trinajstić information content (AvgIpc) is 2.83. The van der Waals surface area contributed by atoms with Gasteiger partial charge in [-0.2, -0.15) is 14.6 Å². The predicted octanol–water partition coefficient (Wildman–Crippen LogP) is -8.97. The summed E-state index contributed by atoms with van der Waals surface area (Å²) in [5.41, 5.74) is 0.954. The lowest BCUT2D eigenvalue weighted by Crippen LogP contribution is -2.72. The molecule has 0 aliphatic rings. The molecule has 0 atom stereocenters. The van der Waals surface area contributed by atoms with Gasteiger partial charge < -0.3 is 4.90 Å². The average molecular weight is 323 g/mol. The summed E-state index contributed by atoms with van der Waals surface area (Å²) >= 11 is 0. The summed E-state index contributed by atoms with van der Waals surface area (Å²) in [7, 11) is 23.1. The van der Waals surface area contributed by atoms with Gasteiger partial charge in [0.15, 0.2) is 0 Å². The van der Waals surface area contributed by atoms with Crippen molar-refractivity contribution in [3.05, 3.63) is 18.1 Å². The number of aryl methyl sites for hydroxylation is 1. The lowest BCUT2D eigenvalue weighted by molar-refractivity contribution is 0.591. The summed E-state index contributed by atoms with van der Waals surface area (Å²) in [4.78, 5) is 11.4. The van der Waals surface area contributed by atoms with Crippen molar-refractivity contribution in [2.45, 2.75) is 27.8 Å². The largest absolute Gasteiger partial charge is 0.380 e. The van der Waals surface area contributed by atoms with E-state index in [1.807, 2.05) is 11.4 Å². The van der Waals surface area contributed by atoms with Crippen molar-refractivity contribution >= 4 is 90.1 Å². The summed E-state index contributed by atoms with van der Waals surface area (Å²) in [6.45, 7) is 2.02. The summed E-state index contributed by atoms with van der Waals surface area (Å²) in [6, 6.07) is 2.13. The van der Waals surface area contributed by atoms with Gasteiger partial charge >= 0.3 is 0 Å². The molecule has 15 heteroatoms. The molecule has 0 aromatic carbocycles. The minimum absolute atomic E-state index is 0.0552. The molecule has 0 N–H and O–H groups in total. The smallest absolute Gasteiger partial charge is 0.254 e. The molecule has 0 unspecified atom stereocenters. The fourth-order valence-corrected chi connectivity index (χ4v) is 3.01. The number of nitrogens with zero attached hydrogens (tertiary/aromatic N) is 5. The van der Waals surface area contributed by atoms with E-state index in [0.29, 0.717) is 5.78 Å². The van der Waals surface area contributed by atoms with Crippen LogP contribution in [0.1, 0.15) is 5.69 Å². The van der Waals surface area contributed by atoms with E-state index in [0.717, 1.165) is 11.5 Å². The number of anilines is 1. The SMILES string of the molecule is BC(B)(B)C(B)(B)N(c1cc(C)nc2ncnn12)C(B)(B)C(B)(B)B. The number of aromatic nitrogens is 4. The second kappa shape index (κ2) is 6.02. The Morgan fingerprint density at radius 1 is 0.880 bits per heavy atom. The molecule has 0 saturated heterocycles. The zero-order valence-corrected chi connectivity index (χ0v) is 17.9. The Kier molecular flexibility index (Phi) is 4.89. The quantitative estimate of drug-likeness (QED) is 0.513. The van der Waals surface area contributed by atoms with Crippen molar-refractivity contribution in [3.63, 3.8) is 0 Å².